The van der Waals surface area contributed by atoms with Gasteiger partial charge < -0.3 is 19.6 Å². The highest BCUT2D eigenvalue weighted by Crippen LogP contribution is 2.58. The fourth-order valence-electron chi connectivity index (χ4n) is 5.76. The van der Waals surface area contributed by atoms with Crippen LogP contribution in [-0.4, -0.2) is 90.8 Å². The van der Waals surface area contributed by atoms with Gasteiger partial charge >= 0.3 is 6.03 Å². The molecule has 1 aromatic heterocycles. The number of piperidine rings is 1. The maximum absolute atomic E-state index is 13.5. The van der Waals surface area contributed by atoms with Gasteiger partial charge in [0.15, 0.2) is 0 Å². The van der Waals surface area contributed by atoms with Crippen LogP contribution < -0.4 is 0 Å². The molecule has 4 amide bonds. The Morgan fingerprint density at radius 2 is 1.83 bits per heavy atom. The van der Waals surface area contributed by atoms with Gasteiger partial charge in [0.1, 0.15) is 0 Å². The Hall–Kier alpha value is -2.09. The maximum Gasteiger partial charge on any atom is 0.319 e. The van der Waals surface area contributed by atoms with Crippen LogP contribution in [0.5, 0.6) is 0 Å². The van der Waals surface area contributed by atoms with Gasteiger partial charge in [-0.25, -0.2) is 4.79 Å². The number of thiophene rings is 1. The molecule has 4 rings (SSSR count). The number of hydrogen-bond donors (Lipinski definition) is 0. The molecule has 1 aromatic rings. The summed E-state index contributed by atoms with van der Waals surface area (Å²) in [5.41, 5.74) is -0.739. The van der Waals surface area contributed by atoms with E-state index >= 15 is 0 Å². The van der Waals surface area contributed by atoms with Crippen LogP contribution in [0.15, 0.2) is 17.5 Å². The number of carbonyl (C=O) groups is 3. The predicted molar refractivity (Wildman–Crippen MR) is 116 cm³/mol. The number of fused-ring (bicyclic) bond motifs is 1. The lowest BCUT2D eigenvalue weighted by molar-refractivity contribution is -0.143. The monoisotopic (exact) mass is 432 g/mol. The zero-order valence-corrected chi connectivity index (χ0v) is 19.0. The van der Waals surface area contributed by atoms with Crippen molar-refractivity contribution in [3.8, 4) is 0 Å². The summed E-state index contributed by atoms with van der Waals surface area (Å²) in [5, 5.41) is 2.00. The standard InChI is InChI=1S/C22H32N4O3S/c1-4-24-12-9-22(19(24)28)16-26(20(29)23(2)3)15-21(22)7-10-25(11-8-21)18(27)14-17-6-5-13-30-17/h5-6,13H,4,7-12,14-16H2,1-3H3/t22-/m1/s1. The van der Waals surface area contributed by atoms with Crippen LogP contribution >= 0.6 is 11.3 Å². The molecule has 3 fully saturated rings. The highest BCUT2D eigenvalue weighted by atomic mass is 32.1. The minimum Gasteiger partial charge on any atom is -0.342 e. The highest BCUT2D eigenvalue weighted by Gasteiger charge is 2.65. The molecule has 4 heterocycles. The van der Waals surface area contributed by atoms with Crippen molar-refractivity contribution in [2.24, 2.45) is 10.8 Å². The molecule has 3 saturated heterocycles. The van der Waals surface area contributed by atoms with Gasteiger partial charge in [-0.2, -0.15) is 0 Å². The molecule has 30 heavy (non-hydrogen) atoms. The van der Waals surface area contributed by atoms with Crippen LogP contribution in [-0.2, 0) is 16.0 Å². The third kappa shape index (κ3) is 3.29. The number of carbonyl (C=O) groups excluding carboxylic acids is 3. The Morgan fingerprint density at radius 1 is 1.10 bits per heavy atom. The van der Waals surface area contributed by atoms with E-state index in [1.165, 1.54) is 0 Å². The summed E-state index contributed by atoms with van der Waals surface area (Å²) in [6, 6.07) is 3.95. The van der Waals surface area contributed by atoms with Gasteiger partial charge in [0.05, 0.1) is 11.8 Å². The second-order valence-electron chi connectivity index (χ2n) is 9.17. The first-order chi connectivity index (χ1) is 14.3. The van der Waals surface area contributed by atoms with Crippen molar-refractivity contribution >= 4 is 29.2 Å². The number of amides is 4. The molecule has 0 aromatic carbocycles. The van der Waals surface area contributed by atoms with Crippen LogP contribution in [0.1, 0.15) is 31.1 Å². The lowest BCUT2D eigenvalue weighted by Gasteiger charge is -2.46. The number of urea groups is 1. The van der Waals surface area contributed by atoms with Crippen LogP contribution in [0, 0.1) is 10.8 Å². The van der Waals surface area contributed by atoms with Crippen molar-refractivity contribution in [2.75, 3.05) is 53.4 Å². The molecule has 1 atom stereocenters. The molecule has 8 heteroatoms. The zero-order valence-electron chi connectivity index (χ0n) is 18.2. The largest absolute Gasteiger partial charge is 0.342 e. The van der Waals surface area contributed by atoms with Gasteiger partial charge in [0.25, 0.3) is 0 Å². The number of rotatable bonds is 3. The molecule has 0 aliphatic carbocycles. The maximum atomic E-state index is 13.5. The molecule has 164 valence electrons. The smallest absolute Gasteiger partial charge is 0.319 e. The Kier molecular flexibility index (Phi) is 5.55. The summed E-state index contributed by atoms with van der Waals surface area (Å²) in [7, 11) is 3.53. The van der Waals surface area contributed by atoms with Gasteiger partial charge in [0.2, 0.25) is 11.8 Å². The van der Waals surface area contributed by atoms with E-state index in [0.717, 1.165) is 30.7 Å². The molecular weight excluding hydrogens is 400 g/mol. The Bertz CT molecular complexity index is 816. The minimum atomic E-state index is -0.502. The van der Waals surface area contributed by atoms with Crippen molar-refractivity contribution in [3.63, 3.8) is 0 Å². The van der Waals surface area contributed by atoms with Gasteiger partial charge in [0, 0.05) is 63.7 Å². The average molecular weight is 433 g/mol. The van der Waals surface area contributed by atoms with Gasteiger partial charge in [-0.3, -0.25) is 9.59 Å². The van der Waals surface area contributed by atoms with E-state index in [4.69, 9.17) is 0 Å². The molecule has 3 aliphatic heterocycles. The fraction of sp³-hybridized carbons (Fsp3) is 0.682. The first kappa shape index (κ1) is 21.2. The number of hydrogen-bond acceptors (Lipinski definition) is 4. The van der Waals surface area contributed by atoms with Crippen LogP contribution in [0.3, 0.4) is 0 Å². The van der Waals surface area contributed by atoms with E-state index in [0.29, 0.717) is 39.1 Å². The summed E-state index contributed by atoms with van der Waals surface area (Å²) in [6.45, 7) is 5.94. The van der Waals surface area contributed by atoms with Crippen LogP contribution in [0.25, 0.3) is 0 Å². The van der Waals surface area contributed by atoms with Gasteiger partial charge in [-0.15, -0.1) is 11.3 Å². The first-order valence-corrected chi connectivity index (χ1v) is 11.8. The van der Waals surface area contributed by atoms with E-state index in [1.807, 2.05) is 39.1 Å². The molecule has 0 saturated carbocycles. The van der Waals surface area contributed by atoms with E-state index in [-0.39, 0.29) is 23.3 Å². The van der Waals surface area contributed by atoms with E-state index in [2.05, 4.69) is 0 Å². The molecule has 0 N–H and O–H groups in total. The van der Waals surface area contributed by atoms with Crippen molar-refractivity contribution < 1.29 is 14.4 Å². The third-order valence-electron chi connectivity index (χ3n) is 7.49. The van der Waals surface area contributed by atoms with E-state index < -0.39 is 5.41 Å². The predicted octanol–water partition coefficient (Wildman–Crippen LogP) is 2.14. The second-order valence-corrected chi connectivity index (χ2v) is 10.2. The quantitative estimate of drug-likeness (QED) is 0.735. The van der Waals surface area contributed by atoms with Gasteiger partial charge in [-0.05, 0) is 37.6 Å². The zero-order chi connectivity index (χ0) is 21.5. The summed E-state index contributed by atoms with van der Waals surface area (Å²) in [5.74, 6) is 0.367. The summed E-state index contributed by atoms with van der Waals surface area (Å²) in [6.07, 6.45) is 2.82. The molecular formula is C22H32N4O3S. The number of nitrogens with zero attached hydrogens (tertiary/aromatic N) is 4. The topological polar surface area (TPSA) is 64.2 Å². The molecule has 0 radical (unpaired) electrons. The SMILES string of the molecule is CCN1CC[C@@]2(CN(C(=O)N(C)C)CC23CCN(C(=O)Cc2cccs2)CC3)C1=O. The summed E-state index contributed by atoms with van der Waals surface area (Å²) < 4.78 is 0. The van der Waals surface area contributed by atoms with Crippen LogP contribution in [0.2, 0.25) is 0 Å². The van der Waals surface area contributed by atoms with Crippen LogP contribution in [0.4, 0.5) is 4.79 Å². The fourth-order valence-corrected chi connectivity index (χ4v) is 6.45. The number of likely N-dealkylation sites (tertiary alicyclic amines) is 3. The normalized spacial score (nSPS) is 25.6. The second kappa shape index (κ2) is 7.87. The van der Waals surface area contributed by atoms with E-state index in [1.54, 1.807) is 30.3 Å². The summed E-state index contributed by atoms with van der Waals surface area (Å²) >= 11 is 1.61. The molecule has 2 spiro atoms. The third-order valence-corrected chi connectivity index (χ3v) is 8.36. The minimum absolute atomic E-state index is 0.0230. The van der Waals surface area contributed by atoms with E-state index in [9.17, 15) is 14.4 Å². The van der Waals surface area contributed by atoms with Crippen molar-refractivity contribution in [3.05, 3.63) is 22.4 Å². The van der Waals surface area contributed by atoms with Crippen molar-refractivity contribution in [1.82, 2.24) is 19.6 Å². The Labute approximate surface area is 182 Å². The molecule has 0 bridgehead atoms. The van der Waals surface area contributed by atoms with Crippen molar-refractivity contribution in [2.45, 2.75) is 32.6 Å². The van der Waals surface area contributed by atoms with Crippen molar-refractivity contribution in [1.29, 1.82) is 0 Å². The lowest BCUT2D eigenvalue weighted by atomic mass is 9.60. The molecule has 7 nitrogen and oxygen atoms in total. The lowest BCUT2D eigenvalue weighted by Crippen LogP contribution is -2.53. The first-order valence-electron chi connectivity index (χ1n) is 10.9. The molecule has 0 unspecified atom stereocenters. The Balaban J connectivity index is 1.54. The van der Waals surface area contributed by atoms with Gasteiger partial charge in [-0.1, -0.05) is 6.07 Å². The summed E-state index contributed by atoms with van der Waals surface area (Å²) in [4.78, 5) is 47.5. The molecule has 3 aliphatic rings. The average Bonchev–Trinajstić information content (AvgIpc) is 3.43. The highest BCUT2D eigenvalue weighted by molar-refractivity contribution is 7.10. The Morgan fingerprint density at radius 3 is 2.40 bits per heavy atom.